The van der Waals surface area contributed by atoms with Crippen molar-refractivity contribution >= 4 is 17.1 Å². The Morgan fingerprint density at radius 2 is 2.33 bits per heavy atom. The first-order chi connectivity index (χ1) is 7.27. The van der Waals surface area contributed by atoms with Crippen molar-refractivity contribution in [1.29, 1.82) is 0 Å². The van der Waals surface area contributed by atoms with Crippen LogP contribution in [0, 0.1) is 0 Å². The fourth-order valence-electron chi connectivity index (χ4n) is 1.57. The fraction of sp³-hybridized carbons (Fsp3) is 0.250. The molecule has 2 heterocycles. The topological polar surface area (TPSA) is 22.0 Å². The lowest BCUT2D eigenvalue weighted by Crippen LogP contribution is -2.06. The summed E-state index contributed by atoms with van der Waals surface area (Å²) < 4.78 is 1.87. The molecule has 0 saturated heterocycles. The maximum atomic E-state index is 11.8. The van der Waals surface area contributed by atoms with Crippen LogP contribution in [0.2, 0.25) is 0 Å². The van der Waals surface area contributed by atoms with Gasteiger partial charge in [-0.1, -0.05) is 0 Å². The summed E-state index contributed by atoms with van der Waals surface area (Å²) in [5, 5.41) is 4.14. The Morgan fingerprint density at radius 3 is 2.93 bits per heavy atom. The van der Waals surface area contributed by atoms with Gasteiger partial charge in [0, 0.05) is 19.7 Å². The zero-order chi connectivity index (χ0) is 10.7. The maximum Gasteiger partial charge on any atom is 0.179 e. The summed E-state index contributed by atoms with van der Waals surface area (Å²) in [4.78, 5) is 11.8. The number of thiophene rings is 1. The molecule has 2 aromatic heterocycles. The molecule has 2 nitrogen and oxygen atoms in total. The van der Waals surface area contributed by atoms with Gasteiger partial charge in [-0.2, -0.15) is 11.3 Å². The highest BCUT2D eigenvalue weighted by Crippen LogP contribution is 2.11. The summed E-state index contributed by atoms with van der Waals surface area (Å²) in [6, 6.07) is 5.84. The van der Waals surface area contributed by atoms with Crippen LogP contribution in [0.3, 0.4) is 0 Å². The number of hydrogen-bond donors (Lipinski definition) is 0. The number of ketones is 1. The number of carbonyl (C=O) groups is 1. The Kier molecular flexibility index (Phi) is 3.02. The van der Waals surface area contributed by atoms with E-state index in [1.54, 1.807) is 11.3 Å². The predicted molar refractivity (Wildman–Crippen MR) is 62.4 cm³/mol. The second-order valence-electron chi connectivity index (χ2n) is 3.56. The number of Topliss-reactive ketones (excluding diaryl/α,β-unsaturated/α-hetero) is 1. The van der Waals surface area contributed by atoms with E-state index in [0.717, 1.165) is 12.1 Å². The third-order valence-electron chi connectivity index (χ3n) is 2.45. The number of aromatic nitrogens is 1. The molecule has 0 aliphatic carbocycles. The van der Waals surface area contributed by atoms with Crippen LogP contribution in [0.15, 0.2) is 35.2 Å². The molecule has 0 amide bonds. The van der Waals surface area contributed by atoms with E-state index in [1.807, 2.05) is 35.3 Å². The van der Waals surface area contributed by atoms with Gasteiger partial charge in [-0.25, -0.2) is 0 Å². The first-order valence-electron chi connectivity index (χ1n) is 4.93. The van der Waals surface area contributed by atoms with E-state index in [2.05, 4.69) is 11.4 Å². The highest BCUT2D eigenvalue weighted by molar-refractivity contribution is 7.07. The number of nitrogens with zero attached hydrogens (tertiary/aromatic N) is 1. The Labute approximate surface area is 93.2 Å². The summed E-state index contributed by atoms with van der Waals surface area (Å²) in [6.07, 6.45) is 3.33. The number of rotatable bonds is 4. The SMILES string of the molecule is Cn1cccc1C(=O)CCc1ccsc1. The monoisotopic (exact) mass is 219 g/mol. The van der Waals surface area contributed by atoms with E-state index in [1.165, 1.54) is 5.56 Å². The molecular weight excluding hydrogens is 206 g/mol. The smallest absolute Gasteiger partial charge is 0.179 e. The molecule has 0 N–H and O–H groups in total. The Balaban J connectivity index is 1.96. The highest BCUT2D eigenvalue weighted by Gasteiger charge is 2.08. The van der Waals surface area contributed by atoms with Crippen LogP contribution in [0.1, 0.15) is 22.5 Å². The minimum Gasteiger partial charge on any atom is -0.348 e. The number of hydrogen-bond acceptors (Lipinski definition) is 2. The zero-order valence-electron chi connectivity index (χ0n) is 8.64. The van der Waals surface area contributed by atoms with Crippen LogP contribution >= 0.6 is 11.3 Å². The van der Waals surface area contributed by atoms with Gasteiger partial charge in [0.2, 0.25) is 0 Å². The van der Waals surface area contributed by atoms with Crippen LogP contribution in [0.25, 0.3) is 0 Å². The standard InChI is InChI=1S/C12H13NOS/c1-13-7-2-3-11(13)12(14)5-4-10-6-8-15-9-10/h2-3,6-9H,4-5H2,1H3. The lowest BCUT2D eigenvalue weighted by molar-refractivity contribution is 0.0975. The van der Waals surface area contributed by atoms with E-state index < -0.39 is 0 Å². The average Bonchev–Trinajstić information content (AvgIpc) is 2.84. The molecule has 0 spiro atoms. The second kappa shape index (κ2) is 4.45. The maximum absolute atomic E-state index is 11.8. The third-order valence-corrected chi connectivity index (χ3v) is 3.18. The number of carbonyl (C=O) groups excluding carboxylic acids is 1. The minimum atomic E-state index is 0.216. The molecule has 15 heavy (non-hydrogen) atoms. The molecule has 0 aromatic carbocycles. The van der Waals surface area contributed by atoms with Gasteiger partial charge in [0.25, 0.3) is 0 Å². The molecule has 3 heteroatoms. The normalized spacial score (nSPS) is 10.5. The summed E-state index contributed by atoms with van der Waals surface area (Å²) in [6.45, 7) is 0. The first-order valence-corrected chi connectivity index (χ1v) is 5.87. The van der Waals surface area contributed by atoms with Crippen molar-refractivity contribution in [3.63, 3.8) is 0 Å². The van der Waals surface area contributed by atoms with Crippen LogP contribution in [-0.2, 0) is 13.5 Å². The second-order valence-corrected chi connectivity index (χ2v) is 4.34. The molecule has 0 fully saturated rings. The molecule has 0 saturated carbocycles. The van der Waals surface area contributed by atoms with E-state index in [4.69, 9.17) is 0 Å². The molecule has 0 aliphatic rings. The van der Waals surface area contributed by atoms with Crippen molar-refractivity contribution in [2.45, 2.75) is 12.8 Å². The van der Waals surface area contributed by atoms with Crippen LogP contribution in [0.5, 0.6) is 0 Å². The predicted octanol–water partition coefficient (Wildman–Crippen LogP) is 2.90. The van der Waals surface area contributed by atoms with Crippen LogP contribution in [-0.4, -0.2) is 10.4 Å². The van der Waals surface area contributed by atoms with Gasteiger partial charge in [0.1, 0.15) is 0 Å². The highest BCUT2D eigenvalue weighted by atomic mass is 32.1. The minimum absolute atomic E-state index is 0.216. The molecule has 0 radical (unpaired) electrons. The Hall–Kier alpha value is -1.35. The van der Waals surface area contributed by atoms with Crippen molar-refractivity contribution in [3.05, 3.63) is 46.4 Å². The average molecular weight is 219 g/mol. The summed E-state index contributed by atoms with van der Waals surface area (Å²) >= 11 is 1.68. The molecule has 2 rings (SSSR count). The largest absolute Gasteiger partial charge is 0.348 e. The van der Waals surface area contributed by atoms with Gasteiger partial charge in [0.05, 0.1) is 5.69 Å². The van der Waals surface area contributed by atoms with Gasteiger partial charge in [-0.05, 0) is 40.9 Å². The molecule has 0 bridgehead atoms. The lowest BCUT2D eigenvalue weighted by atomic mass is 10.1. The quantitative estimate of drug-likeness (QED) is 0.725. The van der Waals surface area contributed by atoms with E-state index in [9.17, 15) is 4.79 Å². The van der Waals surface area contributed by atoms with Gasteiger partial charge < -0.3 is 4.57 Å². The molecule has 78 valence electrons. The van der Waals surface area contributed by atoms with Gasteiger partial charge in [-0.3, -0.25) is 4.79 Å². The van der Waals surface area contributed by atoms with E-state index in [0.29, 0.717) is 6.42 Å². The van der Waals surface area contributed by atoms with Crippen molar-refractivity contribution in [2.24, 2.45) is 7.05 Å². The fourth-order valence-corrected chi connectivity index (χ4v) is 2.27. The van der Waals surface area contributed by atoms with Crippen molar-refractivity contribution in [3.8, 4) is 0 Å². The van der Waals surface area contributed by atoms with Crippen molar-refractivity contribution in [2.75, 3.05) is 0 Å². The van der Waals surface area contributed by atoms with Gasteiger partial charge in [-0.15, -0.1) is 0 Å². The molecular formula is C12H13NOS. The van der Waals surface area contributed by atoms with E-state index >= 15 is 0 Å². The van der Waals surface area contributed by atoms with Crippen LogP contribution in [0.4, 0.5) is 0 Å². The molecule has 2 aromatic rings. The molecule has 0 unspecified atom stereocenters. The Bertz CT molecular complexity index is 442. The Morgan fingerprint density at radius 1 is 1.47 bits per heavy atom. The lowest BCUT2D eigenvalue weighted by Gasteiger charge is -2.01. The zero-order valence-corrected chi connectivity index (χ0v) is 9.46. The van der Waals surface area contributed by atoms with Crippen molar-refractivity contribution in [1.82, 2.24) is 4.57 Å². The third kappa shape index (κ3) is 2.36. The molecule has 0 aliphatic heterocycles. The van der Waals surface area contributed by atoms with E-state index in [-0.39, 0.29) is 5.78 Å². The summed E-state index contributed by atoms with van der Waals surface area (Å²) in [5.74, 6) is 0.216. The van der Waals surface area contributed by atoms with Crippen molar-refractivity contribution < 1.29 is 4.79 Å². The van der Waals surface area contributed by atoms with Crippen LogP contribution < -0.4 is 0 Å². The first kappa shape index (κ1) is 10.2. The van der Waals surface area contributed by atoms with Gasteiger partial charge >= 0.3 is 0 Å². The van der Waals surface area contributed by atoms with Gasteiger partial charge in [0.15, 0.2) is 5.78 Å². The molecule has 0 atom stereocenters. The number of aryl methyl sites for hydroxylation is 2. The summed E-state index contributed by atoms with van der Waals surface area (Å²) in [5.41, 5.74) is 2.05. The summed E-state index contributed by atoms with van der Waals surface area (Å²) in [7, 11) is 1.90.